The first kappa shape index (κ1) is 18.2. The monoisotopic (exact) mass is 364 g/mol. The Hall–Kier alpha value is -3.55. The lowest BCUT2D eigenvalue weighted by Gasteiger charge is -2.20. The van der Waals surface area contributed by atoms with Gasteiger partial charge in [-0.05, 0) is 30.7 Å². The number of hydrogen-bond donors (Lipinski definition) is 0. The van der Waals surface area contributed by atoms with E-state index in [2.05, 4.69) is 15.2 Å². The summed E-state index contributed by atoms with van der Waals surface area (Å²) in [6, 6.07) is 12.7. The second-order valence-corrected chi connectivity index (χ2v) is 5.79. The van der Waals surface area contributed by atoms with Crippen LogP contribution in [0.3, 0.4) is 0 Å². The highest BCUT2D eigenvalue weighted by Gasteiger charge is 2.17. The Balaban J connectivity index is 0.00000102. The van der Waals surface area contributed by atoms with Gasteiger partial charge in [0.25, 0.3) is 11.5 Å². The molecule has 2 aromatic carbocycles. The summed E-state index contributed by atoms with van der Waals surface area (Å²) < 4.78 is 1.65. The van der Waals surface area contributed by atoms with Crippen LogP contribution in [0, 0.1) is 17.0 Å². The molecule has 0 spiro atoms. The molecule has 0 unspecified atom stereocenters. The minimum Gasteiger partial charge on any atom is -0.329 e. The van der Waals surface area contributed by atoms with Gasteiger partial charge in [0.05, 0.1) is 10.4 Å². The number of rotatable bonds is 3. The fourth-order valence-electron chi connectivity index (χ4n) is 2.87. The first-order valence-corrected chi connectivity index (χ1v) is 8.63. The van der Waals surface area contributed by atoms with Crippen LogP contribution < -0.4 is 4.90 Å². The largest absolute Gasteiger partial charge is 0.329 e. The first-order valence-electron chi connectivity index (χ1n) is 8.63. The van der Waals surface area contributed by atoms with Gasteiger partial charge in [-0.1, -0.05) is 26.0 Å². The van der Waals surface area contributed by atoms with E-state index in [1.165, 1.54) is 18.5 Å². The zero-order chi connectivity index (χ0) is 19.6. The molecule has 0 fully saturated rings. The lowest BCUT2D eigenvalue weighted by Crippen LogP contribution is -2.13. The Morgan fingerprint density at radius 2 is 1.93 bits per heavy atom. The molecule has 2 aromatic heterocycles. The van der Waals surface area contributed by atoms with E-state index in [9.17, 15) is 10.1 Å². The molecule has 138 valence electrons. The van der Waals surface area contributed by atoms with Crippen LogP contribution in [-0.2, 0) is 0 Å². The highest BCUT2D eigenvalue weighted by Crippen LogP contribution is 2.32. The average Bonchev–Trinajstić information content (AvgIpc) is 3.17. The summed E-state index contributed by atoms with van der Waals surface area (Å²) in [6.07, 6.45) is 1.50. The molecule has 0 saturated carbocycles. The third-order valence-corrected chi connectivity index (χ3v) is 4.13. The number of nitro groups is 1. The van der Waals surface area contributed by atoms with Crippen molar-refractivity contribution in [2.24, 2.45) is 0 Å². The smallest absolute Gasteiger partial charge is 0.271 e. The first-order chi connectivity index (χ1) is 13.0. The topological polar surface area (TPSA) is 89.5 Å². The van der Waals surface area contributed by atoms with Crippen LogP contribution in [-0.4, -0.2) is 31.6 Å². The second kappa shape index (κ2) is 7.36. The number of nitro benzene ring substituents is 1. The van der Waals surface area contributed by atoms with E-state index in [1.807, 2.05) is 57.0 Å². The van der Waals surface area contributed by atoms with E-state index in [0.29, 0.717) is 17.1 Å². The Morgan fingerprint density at radius 1 is 1.15 bits per heavy atom. The van der Waals surface area contributed by atoms with Crippen LogP contribution in [0.4, 0.5) is 17.2 Å². The molecule has 27 heavy (non-hydrogen) atoms. The molecule has 0 atom stereocenters. The van der Waals surface area contributed by atoms with E-state index in [0.717, 1.165) is 16.6 Å². The van der Waals surface area contributed by atoms with E-state index >= 15 is 0 Å². The van der Waals surface area contributed by atoms with Crippen LogP contribution >= 0.6 is 0 Å². The molecule has 4 aromatic rings. The number of non-ortho nitro benzene ring substituents is 1. The van der Waals surface area contributed by atoms with Crippen molar-refractivity contribution in [3.8, 4) is 0 Å². The number of fused-ring (bicyclic) bond motifs is 3. The lowest BCUT2D eigenvalue weighted by molar-refractivity contribution is -0.384. The molecule has 2 heterocycles. The third kappa shape index (κ3) is 3.29. The van der Waals surface area contributed by atoms with Crippen molar-refractivity contribution in [2.75, 3.05) is 11.9 Å². The average molecular weight is 364 g/mol. The van der Waals surface area contributed by atoms with E-state index < -0.39 is 4.92 Å². The molecule has 0 aliphatic carbocycles. The Labute approximate surface area is 156 Å². The minimum absolute atomic E-state index is 0.0119. The second-order valence-electron chi connectivity index (χ2n) is 5.79. The number of benzene rings is 2. The van der Waals surface area contributed by atoms with E-state index in [-0.39, 0.29) is 5.69 Å². The van der Waals surface area contributed by atoms with Gasteiger partial charge in [-0.2, -0.15) is 4.98 Å². The maximum Gasteiger partial charge on any atom is 0.271 e. The normalized spacial score (nSPS) is 10.5. The van der Waals surface area contributed by atoms with Crippen LogP contribution in [0.25, 0.3) is 16.7 Å². The zero-order valence-corrected chi connectivity index (χ0v) is 15.6. The molecule has 0 aliphatic rings. The molecule has 0 bridgehead atoms. The molecular weight excluding hydrogens is 344 g/mol. The fourth-order valence-corrected chi connectivity index (χ4v) is 2.87. The molecule has 0 aliphatic heterocycles. The number of anilines is 2. The van der Waals surface area contributed by atoms with Gasteiger partial charge in [-0.15, -0.1) is 10.2 Å². The van der Waals surface area contributed by atoms with Gasteiger partial charge in [0.2, 0.25) is 0 Å². The van der Waals surface area contributed by atoms with Gasteiger partial charge in [-0.25, -0.2) is 0 Å². The SMILES string of the molecule is CC.Cc1cccc(N(C)c2nc3nncn3c3cc([N+](=O)[O-])ccc23)c1. The molecule has 8 heteroatoms. The van der Waals surface area contributed by atoms with Crippen LogP contribution in [0.2, 0.25) is 0 Å². The van der Waals surface area contributed by atoms with Crippen molar-refractivity contribution in [3.05, 3.63) is 64.5 Å². The van der Waals surface area contributed by atoms with Crippen molar-refractivity contribution >= 4 is 33.9 Å². The van der Waals surface area contributed by atoms with E-state index in [4.69, 9.17) is 0 Å². The Morgan fingerprint density at radius 3 is 2.63 bits per heavy atom. The maximum absolute atomic E-state index is 11.1. The van der Waals surface area contributed by atoms with E-state index in [1.54, 1.807) is 10.5 Å². The van der Waals surface area contributed by atoms with Gasteiger partial charge < -0.3 is 4.90 Å². The van der Waals surface area contributed by atoms with Gasteiger partial charge in [0.15, 0.2) is 0 Å². The summed E-state index contributed by atoms with van der Waals surface area (Å²) in [5, 5.41) is 19.8. The molecule has 0 N–H and O–H groups in total. The molecule has 8 nitrogen and oxygen atoms in total. The van der Waals surface area contributed by atoms with Crippen LogP contribution in [0.1, 0.15) is 19.4 Å². The quantitative estimate of drug-likeness (QED) is 0.398. The van der Waals surface area contributed by atoms with Crippen molar-refractivity contribution in [1.82, 2.24) is 19.6 Å². The third-order valence-electron chi connectivity index (χ3n) is 4.13. The molecule has 0 saturated heterocycles. The molecule has 0 radical (unpaired) electrons. The van der Waals surface area contributed by atoms with Crippen molar-refractivity contribution in [2.45, 2.75) is 20.8 Å². The standard InChI is InChI=1S/C17H14N6O2.C2H6/c1-11-4-3-5-12(8-11)21(2)16-14-7-6-13(23(24)25)9-15(14)22-10-18-20-17(22)19-16;1-2/h3-10H,1-2H3;1-2H3. The summed E-state index contributed by atoms with van der Waals surface area (Å²) >= 11 is 0. The number of nitrogens with zero attached hydrogens (tertiary/aromatic N) is 6. The van der Waals surface area contributed by atoms with Crippen molar-refractivity contribution in [3.63, 3.8) is 0 Å². The summed E-state index contributed by atoms with van der Waals surface area (Å²) in [6.45, 7) is 6.02. The summed E-state index contributed by atoms with van der Waals surface area (Å²) in [5.41, 5.74) is 2.75. The van der Waals surface area contributed by atoms with Gasteiger partial charge in [0, 0.05) is 30.3 Å². The van der Waals surface area contributed by atoms with Gasteiger partial charge in [-0.3, -0.25) is 14.5 Å². The lowest BCUT2D eigenvalue weighted by atomic mass is 10.1. The highest BCUT2D eigenvalue weighted by atomic mass is 16.6. The Bertz CT molecular complexity index is 1120. The molecule has 0 amide bonds. The summed E-state index contributed by atoms with van der Waals surface area (Å²) in [7, 11) is 1.91. The Kier molecular flexibility index (Phi) is 4.98. The number of aromatic nitrogens is 4. The summed E-state index contributed by atoms with van der Waals surface area (Å²) in [5.74, 6) is 1.05. The van der Waals surface area contributed by atoms with Crippen LogP contribution in [0.5, 0.6) is 0 Å². The predicted molar refractivity (Wildman–Crippen MR) is 106 cm³/mol. The minimum atomic E-state index is -0.417. The zero-order valence-electron chi connectivity index (χ0n) is 15.6. The maximum atomic E-state index is 11.1. The van der Waals surface area contributed by atoms with Crippen molar-refractivity contribution in [1.29, 1.82) is 0 Å². The van der Waals surface area contributed by atoms with Gasteiger partial charge >= 0.3 is 0 Å². The van der Waals surface area contributed by atoms with Gasteiger partial charge in [0.1, 0.15) is 12.1 Å². The fraction of sp³-hybridized carbons (Fsp3) is 0.211. The molecule has 4 rings (SSSR count). The van der Waals surface area contributed by atoms with Crippen LogP contribution in [0.15, 0.2) is 48.8 Å². The number of hydrogen-bond acceptors (Lipinski definition) is 6. The number of aryl methyl sites for hydroxylation is 1. The van der Waals surface area contributed by atoms with Crippen molar-refractivity contribution < 1.29 is 4.92 Å². The highest BCUT2D eigenvalue weighted by molar-refractivity contribution is 5.94. The molecular formula is C19H20N6O2. The predicted octanol–water partition coefficient (Wildman–Crippen LogP) is 4.29. The summed E-state index contributed by atoms with van der Waals surface area (Å²) in [4.78, 5) is 17.2.